The molecule has 1 saturated heterocycles. The van der Waals surface area contributed by atoms with E-state index in [2.05, 4.69) is 44.8 Å². The number of unbranched alkanes of at least 4 members (excludes halogenated alkanes) is 1. The number of hydrogen-bond acceptors (Lipinski definition) is 5. The number of nitrogens with zero attached hydrogens (tertiary/aromatic N) is 5. The fourth-order valence-corrected chi connectivity index (χ4v) is 4.40. The van der Waals surface area contributed by atoms with Crippen molar-refractivity contribution in [1.82, 2.24) is 30.3 Å². The van der Waals surface area contributed by atoms with Crippen molar-refractivity contribution in [1.29, 1.82) is 0 Å². The Hall–Kier alpha value is -2.61. The van der Waals surface area contributed by atoms with Crippen molar-refractivity contribution in [3.05, 3.63) is 41.5 Å². The van der Waals surface area contributed by atoms with Crippen LogP contribution >= 0.6 is 0 Å². The molecule has 1 fully saturated rings. The molecule has 2 N–H and O–H groups in total. The number of aromatic nitrogens is 3. The molecule has 2 aliphatic rings. The van der Waals surface area contributed by atoms with Crippen molar-refractivity contribution in [2.75, 3.05) is 26.2 Å². The highest BCUT2D eigenvalue weighted by Crippen LogP contribution is 2.31. The van der Waals surface area contributed by atoms with Crippen molar-refractivity contribution < 1.29 is 4.74 Å². The molecular formula is C24H37N7O. The zero-order valence-electron chi connectivity index (χ0n) is 19.7. The quantitative estimate of drug-likeness (QED) is 0.510. The highest BCUT2D eigenvalue weighted by atomic mass is 16.5. The van der Waals surface area contributed by atoms with Gasteiger partial charge in [0.15, 0.2) is 11.8 Å². The Morgan fingerprint density at radius 1 is 1.16 bits per heavy atom. The number of ether oxygens (including phenoxy) is 1. The summed E-state index contributed by atoms with van der Waals surface area (Å²) in [5.41, 5.74) is 1.19. The minimum atomic E-state index is 0.178. The lowest BCUT2D eigenvalue weighted by Gasteiger charge is -2.34. The molecule has 8 heteroatoms. The molecule has 0 radical (unpaired) electrons. The molecule has 0 spiro atoms. The topological polar surface area (TPSA) is 79.6 Å². The third-order valence-corrected chi connectivity index (χ3v) is 6.59. The average Bonchev–Trinajstić information content (AvgIpc) is 3.14. The van der Waals surface area contributed by atoms with Gasteiger partial charge in [-0.2, -0.15) is 0 Å². The molecule has 2 aliphatic heterocycles. The van der Waals surface area contributed by atoms with E-state index in [-0.39, 0.29) is 6.04 Å². The third-order valence-electron chi connectivity index (χ3n) is 6.59. The number of guanidine groups is 1. The summed E-state index contributed by atoms with van der Waals surface area (Å²) in [5.74, 6) is 3.57. The first-order valence-corrected chi connectivity index (χ1v) is 12.0. The zero-order chi connectivity index (χ0) is 22.3. The highest BCUT2D eigenvalue weighted by molar-refractivity contribution is 5.80. The summed E-state index contributed by atoms with van der Waals surface area (Å²) in [5, 5.41) is 15.9. The normalized spacial score (nSPS) is 20.0. The van der Waals surface area contributed by atoms with Gasteiger partial charge in [0.25, 0.3) is 0 Å². The number of likely N-dealkylation sites (tertiary alicyclic amines) is 1. The van der Waals surface area contributed by atoms with Crippen LogP contribution in [0.4, 0.5) is 0 Å². The summed E-state index contributed by atoms with van der Waals surface area (Å²) in [6.07, 6.45) is 5.73. The average molecular weight is 440 g/mol. The van der Waals surface area contributed by atoms with E-state index < -0.39 is 0 Å². The van der Waals surface area contributed by atoms with Gasteiger partial charge in [-0.1, -0.05) is 31.5 Å². The SMILES string of the molecule is CCCCN1CCC(NC(=NCc2nnc(C)n2C)NC2CCOc3ccccc32)CC1. The molecule has 4 rings (SSSR count). The number of aryl methyl sites for hydroxylation is 1. The second kappa shape index (κ2) is 10.8. The van der Waals surface area contributed by atoms with E-state index >= 15 is 0 Å². The minimum absolute atomic E-state index is 0.178. The van der Waals surface area contributed by atoms with E-state index in [4.69, 9.17) is 9.73 Å². The summed E-state index contributed by atoms with van der Waals surface area (Å²) in [6, 6.07) is 8.88. The van der Waals surface area contributed by atoms with Crippen molar-refractivity contribution in [3.63, 3.8) is 0 Å². The fraction of sp³-hybridized carbons (Fsp3) is 0.625. The van der Waals surface area contributed by atoms with E-state index in [1.54, 1.807) is 0 Å². The number of fused-ring (bicyclic) bond motifs is 1. The van der Waals surface area contributed by atoms with Gasteiger partial charge in [0.2, 0.25) is 0 Å². The van der Waals surface area contributed by atoms with E-state index in [0.29, 0.717) is 19.2 Å². The summed E-state index contributed by atoms with van der Waals surface area (Å²) in [7, 11) is 1.99. The van der Waals surface area contributed by atoms with E-state index in [9.17, 15) is 0 Å². The molecule has 1 unspecified atom stereocenters. The van der Waals surface area contributed by atoms with Crippen LogP contribution in [-0.2, 0) is 13.6 Å². The Kier molecular flexibility index (Phi) is 7.63. The monoisotopic (exact) mass is 439 g/mol. The van der Waals surface area contributed by atoms with Gasteiger partial charge in [0, 0.05) is 38.2 Å². The van der Waals surface area contributed by atoms with Crippen LogP contribution in [0, 0.1) is 6.92 Å². The predicted octanol–water partition coefficient (Wildman–Crippen LogP) is 2.95. The summed E-state index contributed by atoms with van der Waals surface area (Å²) in [4.78, 5) is 7.50. The Morgan fingerprint density at radius 3 is 2.72 bits per heavy atom. The predicted molar refractivity (Wildman–Crippen MR) is 127 cm³/mol. The largest absolute Gasteiger partial charge is 0.493 e. The lowest BCUT2D eigenvalue weighted by atomic mass is 10.0. The molecule has 1 aromatic heterocycles. The Labute approximate surface area is 191 Å². The second-order valence-corrected chi connectivity index (χ2v) is 8.87. The van der Waals surface area contributed by atoms with Gasteiger partial charge < -0.3 is 24.8 Å². The standard InChI is InChI=1S/C24H37N7O/c1-4-5-13-31-14-10-19(11-15-31)26-24(25-17-23-29-28-18(2)30(23)3)27-21-12-16-32-22-9-7-6-8-20(21)22/h6-9,19,21H,4-5,10-17H2,1-3H3,(H2,25,26,27). The van der Waals surface area contributed by atoms with Gasteiger partial charge in [0.1, 0.15) is 18.1 Å². The molecule has 174 valence electrons. The van der Waals surface area contributed by atoms with E-state index in [1.807, 2.05) is 30.7 Å². The van der Waals surface area contributed by atoms with Gasteiger partial charge >= 0.3 is 0 Å². The second-order valence-electron chi connectivity index (χ2n) is 8.87. The molecule has 1 aromatic carbocycles. The van der Waals surface area contributed by atoms with Crippen molar-refractivity contribution >= 4 is 5.96 Å². The van der Waals surface area contributed by atoms with Crippen LogP contribution < -0.4 is 15.4 Å². The Balaban J connectivity index is 1.45. The first-order valence-electron chi connectivity index (χ1n) is 12.0. The fourth-order valence-electron chi connectivity index (χ4n) is 4.40. The van der Waals surface area contributed by atoms with Gasteiger partial charge in [-0.3, -0.25) is 0 Å². The summed E-state index contributed by atoms with van der Waals surface area (Å²) < 4.78 is 7.85. The molecule has 3 heterocycles. The number of nitrogens with one attached hydrogen (secondary N) is 2. The maximum absolute atomic E-state index is 5.85. The zero-order valence-corrected chi connectivity index (χ0v) is 19.7. The minimum Gasteiger partial charge on any atom is -0.493 e. The lowest BCUT2D eigenvalue weighted by molar-refractivity contribution is 0.203. The number of hydrogen-bond donors (Lipinski definition) is 2. The summed E-state index contributed by atoms with van der Waals surface area (Å²) in [6.45, 7) is 8.93. The third kappa shape index (κ3) is 5.59. The molecule has 2 aromatic rings. The van der Waals surface area contributed by atoms with Crippen LogP contribution in [0.1, 0.15) is 62.3 Å². The molecular weight excluding hydrogens is 402 g/mol. The number of para-hydroxylation sites is 1. The first kappa shape index (κ1) is 22.6. The lowest BCUT2D eigenvalue weighted by Crippen LogP contribution is -2.50. The maximum atomic E-state index is 5.85. The first-order chi connectivity index (χ1) is 15.6. The Bertz CT molecular complexity index is 902. The van der Waals surface area contributed by atoms with Gasteiger partial charge in [-0.25, -0.2) is 4.99 Å². The van der Waals surface area contributed by atoms with Crippen molar-refractivity contribution in [2.24, 2.45) is 12.0 Å². The highest BCUT2D eigenvalue weighted by Gasteiger charge is 2.24. The Morgan fingerprint density at radius 2 is 1.97 bits per heavy atom. The molecule has 8 nitrogen and oxygen atoms in total. The summed E-state index contributed by atoms with van der Waals surface area (Å²) >= 11 is 0. The number of aliphatic imine (C=N–C) groups is 1. The van der Waals surface area contributed by atoms with Crippen LogP contribution in [0.25, 0.3) is 0 Å². The molecule has 0 amide bonds. The van der Waals surface area contributed by atoms with E-state index in [1.165, 1.54) is 24.9 Å². The van der Waals surface area contributed by atoms with Crippen molar-refractivity contribution in [2.45, 2.75) is 64.6 Å². The van der Waals surface area contributed by atoms with Gasteiger partial charge in [0.05, 0.1) is 12.6 Å². The van der Waals surface area contributed by atoms with Crippen LogP contribution in [0.15, 0.2) is 29.3 Å². The molecule has 1 atom stereocenters. The maximum Gasteiger partial charge on any atom is 0.192 e. The van der Waals surface area contributed by atoms with Crippen molar-refractivity contribution in [3.8, 4) is 5.75 Å². The smallest absolute Gasteiger partial charge is 0.192 e. The molecule has 0 saturated carbocycles. The van der Waals surface area contributed by atoms with Crippen LogP contribution in [0.5, 0.6) is 5.75 Å². The molecule has 0 bridgehead atoms. The number of benzene rings is 1. The number of rotatable bonds is 7. The van der Waals surface area contributed by atoms with Crippen LogP contribution in [-0.4, -0.2) is 57.9 Å². The molecule has 0 aliphatic carbocycles. The van der Waals surface area contributed by atoms with Crippen LogP contribution in [0.3, 0.4) is 0 Å². The van der Waals surface area contributed by atoms with E-state index in [0.717, 1.165) is 55.7 Å². The number of piperidine rings is 1. The van der Waals surface area contributed by atoms with Gasteiger partial charge in [-0.05, 0) is 38.8 Å². The van der Waals surface area contributed by atoms with Crippen LogP contribution in [0.2, 0.25) is 0 Å². The van der Waals surface area contributed by atoms with Gasteiger partial charge in [-0.15, -0.1) is 10.2 Å². The molecule has 32 heavy (non-hydrogen) atoms.